The molecule has 7 heteroatoms. The number of piperidine rings is 1. The van der Waals surface area contributed by atoms with Crippen molar-refractivity contribution in [3.05, 3.63) is 58.6 Å². The highest BCUT2D eigenvalue weighted by molar-refractivity contribution is 6.31. The SMILES string of the molecule is C[C@@H](NC(=O)CN1CCC(C(=O)c2ccc3c(c2)OCCO3)CC1)c1ccccc1Cl. The molecule has 4 rings (SSSR count). The van der Waals surface area contributed by atoms with E-state index in [9.17, 15) is 9.59 Å². The minimum atomic E-state index is -0.157. The molecule has 2 aromatic carbocycles. The molecule has 0 spiro atoms. The number of nitrogens with zero attached hydrogens (tertiary/aromatic N) is 1. The van der Waals surface area contributed by atoms with E-state index in [-0.39, 0.29) is 23.7 Å². The standard InChI is InChI=1S/C24H27ClN2O4/c1-16(19-4-2-3-5-20(19)25)26-23(28)15-27-10-8-17(9-11-27)24(29)18-6-7-21-22(14-18)31-13-12-30-21/h2-7,14,16-17H,8-13,15H2,1H3,(H,26,28)/t16-/m1/s1. The van der Waals surface area contributed by atoms with Crippen molar-refractivity contribution in [2.75, 3.05) is 32.8 Å². The van der Waals surface area contributed by atoms with E-state index in [1.807, 2.05) is 37.3 Å². The van der Waals surface area contributed by atoms with Crippen LogP contribution in [0.2, 0.25) is 5.02 Å². The zero-order valence-corrected chi connectivity index (χ0v) is 18.4. The maximum absolute atomic E-state index is 12.9. The Kier molecular flexibility index (Phi) is 6.78. The predicted octanol–water partition coefficient (Wildman–Crippen LogP) is 3.88. The van der Waals surface area contributed by atoms with Crippen LogP contribution in [0.5, 0.6) is 11.5 Å². The Balaban J connectivity index is 1.27. The van der Waals surface area contributed by atoms with Gasteiger partial charge in [-0.2, -0.15) is 0 Å². The van der Waals surface area contributed by atoms with Gasteiger partial charge in [0.25, 0.3) is 0 Å². The van der Waals surface area contributed by atoms with Crippen molar-refractivity contribution >= 4 is 23.3 Å². The lowest BCUT2D eigenvalue weighted by Crippen LogP contribution is -2.43. The summed E-state index contributed by atoms with van der Waals surface area (Å²) in [6.07, 6.45) is 1.47. The monoisotopic (exact) mass is 442 g/mol. The van der Waals surface area contributed by atoms with Crippen LogP contribution >= 0.6 is 11.6 Å². The molecule has 0 saturated carbocycles. The molecule has 1 amide bonds. The lowest BCUT2D eigenvalue weighted by atomic mass is 9.88. The van der Waals surface area contributed by atoms with Crippen LogP contribution in [0.3, 0.4) is 0 Å². The number of amides is 1. The first-order valence-electron chi connectivity index (χ1n) is 10.7. The Labute approximate surface area is 187 Å². The summed E-state index contributed by atoms with van der Waals surface area (Å²) in [7, 11) is 0. The fourth-order valence-electron chi connectivity index (χ4n) is 4.18. The summed E-state index contributed by atoms with van der Waals surface area (Å²) in [4.78, 5) is 27.5. The second-order valence-electron chi connectivity index (χ2n) is 8.08. The number of rotatable bonds is 6. The van der Waals surface area contributed by atoms with E-state index >= 15 is 0 Å². The van der Waals surface area contributed by atoms with Crippen molar-refractivity contribution in [1.29, 1.82) is 0 Å². The van der Waals surface area contributed by atoms with E-state index in [4.69, 9.17) is 21.1 Å². The fourth-order valence-corrected chi connectivity index (χ4v) is 4.48. The number of likely N-dealkylation sites (tertiary alicyclic amines) is 1. The van der Waals surface area contributed by atoms with E-state index in [1.165, 1.54) is 0 Å². The number of ketones is 1. The molecule has 0 aliphatic carbocycles. The summed E-state index contributed by atoms with van der Waals surface area (Å²) < 4.78 is 11.1. The van der Waals surface area contributed by atoms with Crippen molar-refractivity contribution in [3.63, 3.8) is 0 Å². The Hall–Kier alpha value is -2.57. The fraction of sp³-hybridized carbons (Fsp3) is 0.417. The molecule has 164 valence electrons. The Morgan fingerprint density at radius 3 is 2.55 bits per heavy atom. The van der Waals surface area contributed by atoms with Gasteiger partial charge in [-0.25, -0.2) is 0 Å². The van der Waals surface area contributed by atoms with Gasteiger partial charge in [0, 0.05) is 16.5 Å². The summed E-state index contributed by atoms with van der Waals surface area (Å²) in [5.74, 6) is 1.38. The molecule has 2 aliphatic heterocycles. The highest BCUT2D eigenvalue weighted by Crippen LogP contribution is 2.32. The first kappa shape index (κ1) is 21.7. The van der Waals surface area contributed by atoms with Crippen LogP contribution in [0.1, 0.15) is 41.7 Å². The predicted molar refractivity (Wildman–Crippen MR) is 119 cm³/mol. The molecule has 2 heterocycles. The first-order chi connectivity index (χ1) is 15.0. The molecule has 6 nitrogen and oxygen atoms in total. The van der Waals surface area contributed by atoms with Crippen LogP contribution < -0.4 is 14.8 Å². The van der Waals surface area contributed by atoms with Gasteiger partial charge >= 0.3 is 0 Å². The van der Waals surface area contributed by atoms with Crippen LogP contribution in [0, 0.1) is 5.92 Å². The number of ether oxygens (including phenoxy) is 2. The van der Waals surface area contributed by atoms with Crippen molar-refractivity contribution < 1.29 is 19.1 Å². The topological polar surface area (TPSA) is 67.9 Å². The number of fused-ring (bicyclic) bond motifs is 1. The molecule has 2 aliphatic rings. The van der Waals surface area contributed by atoms with Gasteiger partial charge in [-0.05, 0) is 62.7 Å². The van der Waals surface area contributed by atoms with Crippen LogP contribution in [0.4, 0.5) is 0 Å². The molecule has 2 aromatic rings. The molecule has 31 heavy (non-hydrogen) atoms. The number of carbonyl (C=O) groups is 2. The zero-order valence-electron chi connectivity index (χ0n) is 17.6. The molecule has 0 bridgehead atoms. The van der Waals surface area contributed by atoms with Gasteiger partial charge < -0.3 is 14.8 Å². The van der Waals surface area contributed by atoms with Gasteiger partial charge in [-0.3, -0.25) is 14.5 Å². The van der Waals surface area contributed by atoms with Crippen molar-refractivity contribution in [2.24, 2.45) is 5.92 Å². The maximum Gasteiger partial charge on any atom is 0.234 e. The first-order valence-corrected chi connectivity index (χ1v) is 11.1. The number of halogens is 1. The molecule has 0 unspecified atom stereocenters. The van der Waals surface area contributed by atoms with Gasteiger partial charge in [-0.1, -0.05) is 29.8 Å². The lowest BCUT2D eigenvalue weighted by Gasteiger charge is -2.31. The number of carbonyl (C=O) groups excluding carboxylic acids is 2. The molecule has 1 N–H and O–H groups in total. The highest BCUT2D eigenvalue weighted by Gasteiger charge is 2.28. The Bertz CT molecular complexity index is 956. The number of hydrogen-bond donors (Lipinski definition) is 1. The third-order valence-corrected chi connectivity index (χ3v) is 6.25. The van der Waals surface area contributed by atoms with Gasteiger partial charge in [-0.15, -0.1) is 0 Å². The molecule has 1 fully saturated rings. The van der Waals surface area contributed by atoms with Crippen molar-refractivity contribution in [2.45, 2.75) is 25.8 Å². The second kappa shape index (κ2) is 9.71. The van der Waals surface area contributed by atoms with Gasteiger partial charge in [0.1, 0.15) is 13.2 Å². The second-order valence-corrected chi connectivity index (χ2v) is 8.49. The highest BCUT2D eigenvalue weighted by atomic mass is 35.5. The summed E-state index contributed by atoms with van der Waals surface area (Å²) in [6, 6.07) is 12.8. The Morgan fingerprint density at radius 1 is 1.10 bits per heavy atom. The van der Waals surface area contributed by atoms with Crippen LogP contribution in [-0.4, -0.2) is 49.4 Å². The smallest absolute Gasteiger partial charge is 0.234 e. The van der Waals surface area contributed by atoms with Crippen molar-refractivity contribution in [1.82, 2.24) is 10.2 Å². The molecule has 1 atom stereocenters. The van der Waals surface area contributed by atoms with Crippen LogP contribution in [0.25, 0.3) is 0 Å². The summed E-state index contributed by atoms with van der Waals surface area (Å²) in [5.41, 5.74) is 1.57. The molecular formula is C24H27ClN2O4. The van der Waals surface area contributed by atoms with Crippen LogP contribution in [-0.2, 0) is 4.79 Å². The number of benzene rings is 2. The van der Waals surface area contributed by atoms with Gasteiger partial charge in [0.2, 0.25) is 5.91 Å². The molecular weight excluding hydrogens is 416 g/mol. The van der Waals surface area contributed by atoms with E-state index in [2.05, 4.69) is 10.2 Å². The van der Waals surface area contributed by atoms with E-state index in [0.717, 1.165) is 31.5 Å². The van der Waals surface area contributed by atoms with E-state index in [1.54, 1.807) is 12.1 Å². The average molecular weight is 443 g/mol. The number of hydrogen-bond acceptors (Lipinski definition) is 5. The zero-order chi connectivity index (χ0) is 21.8. The average Bonchev–Trinajstić information content (AvgIpc) is 2.79. The molecule has 1 saturated heterocycles. The summed E-state index contributed by atoms with van der Waals surface area (Å²) >= 11 is 6.22. The maximum atomic E-state index is 12.9. The minimum absolute atomic E-state index is 0.0379. The molecule has 0 aromatic heterocycles. The van der Waals surface area contributed by atoms with E-state index in [0.29, 0.717) is 41.8 Å². The number of nitrogens with one attached hydrogen (secondary N) is 1. The Morgan fingerprint density at radius 2 is 1.81 bits per heavy atom. The molecule has 0 radical (unpaired) electrons. The third kappa shape index (κ3) is 5.20. The van der Waals surface area contributed by atoms with Crippen molar-refractivity contribution in [3.8, 4) is 11.5 Å². The third-order valence-electron chi connectivity index (χ3n) is 5.90. The lowest BCUT2D eigenvalue weighted by molar-refractivity contribution is -0.123. The van der Waals surface area contributed by atoms with Crippen LogP contribution in [0.15, 0.2) is 42.5 Å². The van der Waals surface area contributed by atoms with E-state index < -0.39 is 0 Å². The summed E-state index contributed by atoms with van der Waals surface area (Å²) in [5, 5.41) is 3.66. The quantitative estimate of drug-likeness (QED) is 0.687. The van der Waals surface area contributed by atoms with Gasteiger partial charge in [0.05, 0.1) is 12.6 Å². The largest absolute Gasteiger partial charge is 0.486 e. The van der Waals surface area contributed by atoms with Gasteiger partial charge in [0.15, 0.2) is 17.3 Å². The summed E-state index contributed by atoms with van der Waals surface area (Å²) in [6.45, 7) is 4.71. The number of Topliss-reactive ketones (excluding diaryl/α,β-unsaturated/α-hetero) is 1. The normalized spacial score (nSPS) is 17.7. The minimum Gasteiger partial charge on any atom is -0.486 e.